The highest BCUT2D eigenvalue weighted by Crippen LogP contribution is 2.36. The molecule has 2 aromatic rings. The molecule has 4 nitrogen and oxygen atoms in total. The Bertz CT molecular complexity index is 838. The summed E-state index contributed by atoms with van der Waals surface area (Å²) in [6, 6.07) is 9.20. The van der Waals surface area contributed by atoms with Crippen molar-refractivity contribution in [3.05, 3.63) is 58.6 Å². The van der Waals surface area contributed by atoms with Gasteiger partial charge in [0.1, 0.15) is 0 Å². The summed E-state index contributed by atoms with van der Waals surface area (Å²) in [6.45, 7) is 1.88. The average Bonchev–Trinajstić information content (AvgIpc) is 2.59. The highest BCUT2D eigenvalue weighted by Gasteiger charge is 2.34. The van der Waals surface area contributed by atoms with E-state index in [2.05, 4.69) is 10.6 Å². The van der Waals surface area contributed by atoms with Crippen LogP contribution in [0.15, 0.2) is 42.5 Å². The van der Waals surface area contributed by atoms with Gasteiger partial charge in [-0.3, -0.25) is 9.59 Å². The summed E-state index contributed by atoms with van der Waals surface area (Å²) in [7, 11) is 0. The molecule has 2 aromatic carbocycles. The molecule has 0 aromatic heterocycles. The molecule has 144 valence electrons. The van der Waals surface area contributed by atoms with E-state index >= 15 is 0 Å². The topological polar surface area (TPSA) is 58.2 Å². The lowest BCUT2D eigenvalue weighted by Crippen LogP contribution is -2.17. The van der Waals surface area contributed by atoms with Gasteiger partial charge in [-0.1, -0.05) is 31.0 Å². The first-order valence-corrected chi connectivity index (χ1v) is 8.66. The zero-order valence-electron chi connectivity index (χ0n) is 14.5. The minimum Gasteiger partial charge on any atom is -0.325 e. The molecule has 0 saturated carbocycles. The predicted molar refractivity (Wildman–Crippen MR) is 99.0 cm³/mol. The zero-order chi connectivity index (χ0) is 20.0. The summed E-state index contributed by atoms with van der Waals surface area (Å²) in [5, 5.41) is 5.15. The standard InChI is InChI=1S/C19H18ClF3N2O2/c1-2-3-7-17(26)25-16-11-14(8-9-15(16)19(21,22)23)24-18(27)12-5-4-6-13(20)10-12/h4-6,8-11H,2-3,7H2,1H3,(H,24,27)(H,25,26). The molecule has 0 bridgehead atoms. The second-order valence-electron chi connectivity index (χ2n) is 5.87. The molecule has 0 saturated heterocycles. The van der Waals surface area contributed by atoms with E-state index in [4.69, 9.17) is 11.6 Å². The van der Waals surface area contributed by atoms with Crippen LogP contribution >= 0.6 is 11.6 Å². The van der Waals surface area contributed by atoms with Crippen LogP contribution in [0.25, 0.3) is 0 Å². The van der Waals surface area contributed by atoms with E-state index in [0.717, 1.165) is 24.6 Å². The van der Waals surface area contributed by atoms with Gasteiger partial charge in [-0.25, -0.2) is 0 Å². The summed E-state index contributed by atoms with van der Waals surface area (Å²) in [4.78, 5) is 24.1. The van der Waals surface area contributed by atoms with Crippen molar-refractivity contribution in [2.24, 2.45) is 0 Å². The highest BCUT2D eigenvalue weighted by molar-refractivity contribution is 6.31. The van der Waals surface area contributed by atoms with Crippen LogP contribution in [0.2, 0.25) is 5.02 Å². The van der Waals surface area contributed by atoms with Crippen molar-refractivity contribution in [3.8, 4) is 0 Å². The van der Waals surface area contributed by atoms with Crippen molar-refractivity contribution in [2.75, 3.05) is 10.6 Å². The van der Waals surface area contributed by atoms with E-state index in [1.165, 1.54) is 12.1 Å². The largest absolute Gasteiger partial charge is 0.418 e. The molecule has 0 spiro atoms. The van der Waals surface area contributed by atoms with Gasteiger partial charge in [0, 0.05) is 22.7 Å². The normalized spacial score (nSPS) is 11.1. The summed E-state index contributed by atoms with van der Waals surface area (Å²) in [5.74, 6) is -1.04. The second kappa shape index (κ2) is 8.90. The fourth-order valence-corrected chi connectivity index (χ4v) is 2.55. The first-order valence-electron chi connectivity index (χ1n) is 8.28. The maximum absolute atomic E-state index is 13.2. The van der Waals surface area contributed by atoms with Crippen LogP contribution in [-0.4, -0.2) is 11.8 Å². The maximum atomic E-state index is 13.2. The third-order valence-corrected chi connectivity index (χ3v) is 3.94. The lowest BCUT2D eigenvalue weighted by Gasteiger charge is -2.16. The number of hydrogen-bond acceptors (Lipinski definition) is 2. The molecule has 0 radical (unpaired) electrons. The Morgan fingerprint density at radius 3 is 2.44 bits per heavy atom. The molecule has 27 heavy (non-hydrogen) atoms. The van der Waals surface area contributed by atoms with Crippen LogP contribution in [0, 0.1) is 0 Å². The minimum atomic E-state index is -4.64. The molecule has 0 heterocycles. The Balaban J connectivity index is 2.26. The fraction of sp³-hybridized carbons (Fsp3) is 0.263. The highest BCUT2D eigenvalue weighted by atomic mass is 35.5. The van der Waals surface area contributed by atoms with Gasteiger partial charge in [-0.15, -0.1) is 0 Å². The lowest BCUT2D eigenvalue weighted by atomic mass is 10.1. The van der Waals surface area contributed by atoms with Gasteiger partial charge in [0.15, 0.2) is 0 Å². The summed E-state index contributed by atoms with van der Waals surface area (Å²) >= 11 is 5.83. The van der Waals surface area contributed by atoms with Crippen LogP contribution in [0.4, 0.5) is 24.5 Å². The van der Waals surface area contributed by atoms with Gasteiger partial charge in [0.05, 0.1) is 11.3 Å². The summed E-state index contributed by atoms with van der Waals surface area (Å²) in [6.07, 6.45) is -3.20. The van der Waals surface area contributed by atoms with E-state index in [0.29, 0.717) is 11.4 Å². The van der Waals surface area contributed by atoms with Crippen LogP contribution < -0.4 is 10.6 Å². The van der Waals surface area contributed by atoms with E-state index in [1.807, 2.05) is 6.92 Å². The molecule has 2 rings (SSSR count). The van der Waals surface area contributed by atoms with Crippen molar-refractivity contribution < 1.29 is 22.8 Å². The lowest BCUT2D eigenvalue weighted by molar-refractivity contribution is -0.137. The van der Waals surface area contributed by atoms with Crippen molar-refractivity contribution in [1.29, 1.82) is 0 Å². The molecule has 0 aliphatic heterocycles. The van der Waals surface area contributed by atoms with Crippen molar-refractivity contribution in [3.63, 3.8) is 0 Å². The number of nitrogens with one attached hydrogen (secondary N) is 2. The van der Waals surface area contributed by atoms with Crippen molar-refractivity contribution in [2.45, 2.75) is 32.4 Å². The van der Waals surface area contributed by atoms with Gasteiger partial charge < -0.3 is 10.6 Å². The summed E-state index contributed by atoms with van der Waals surface area (Å²) in [5.41, 5.74) is -0.990. The number of rotatable bonds is 6. The SMILES string of the molecule is CCCCC(=O)Nc1cc(NC(=O)c2cccc(Cl)c2)ccc1C(F)(F)F. The molecule has 2 amide bonds. The van der Waals surface area contributed by atoms with E-state index in [-0.39, 0.29) is 17.7 Å². The number of halogens is 4. The molecule has 8 heteroatoms. The van der Waals surface area contributed by atoms with Crippen LogP contribution in [0.3, 0.4) is 0 Å². The number of amides is 2. The third-order valence-electron chi connectivity index (χ3n) is 3.70. The Morgan fingerprint density at radius 1 is 1.07 bits per heavy atom. The zero-order valence-corrected chi connectivity index (χ0v) is 15.2. The van der Waals surface area contributed by atoms with Crippen molar-refractivity contribution >= 4 is 34.8 Å². The Hall–Kier alpha value is -2.54. The van der Waals surface area contributed by atoms with Gasteiger partial charge in [-0.2, -0.15) is 13.2 Å². The number of unbranched alkanes of at least 4 members (excludes halogenated alkanes) is 1. The fourth-order valence-electron chi connectivity index (χ4n) is 2.36. The maximum Gasteiger partial charge on any atom is 0.418 e. The Labute approximate surface area is 159 Å². The number of anilines is 2. The van der Waals surface area contributed by atoms with Crippen molar-refractivity contribution in [1.82, 2.24) is 0 Å². The van der Waals surface area contributed by atoms with E-state index in [9.17, 15) is 22.8 Å². The quantitative estimate of drug-likeness (QED) is 0.651. The number of benzene rings is 2. The predicted octanol–water partition coefficient (Wildman–Crippen LogP) is 5.74. The van der Waals surface area contributed by atoms with Gasteiger partial charge in [-0.05, 0) is 42.8 Å². The number of carbonyl (C=O) groups is 2. The molecule has 0 atom stereocenters. The monoisotopic (exact) mass is 398 g/mol. The third kappa shape index (κ3) is 5.99. The Morgan fingerprint density at radius 2 is 1.81 bits per heavy atom. The van der Waals surface area contributed by atoms with Gasteiger partial charge >= 0.3 is 6.18 Å². The second-order valence-corrected chi connectivity index (χ2v) is 6.31. The minimum absolute atomic E-state index is 0.118. The van der Waals surface area contributed by atoms with Crippen LogP contribution in [0.1, 0.15) is 42.1 Å². The van der Waals surface area contributed by atoms with E-state index < -0.39 is 29.2 Å². The number of carbonyl (C=O) groups excluding carboxylic acids is 2. The molecule has 0 aliphatic rings. The van der Waals surface area contributed by atoms with E-state index in [1.54, 1.807) is 12.1 Å². The molecular weight excluding hydrogens is 381 g/mol. The molecule has 0 unspecified atom stereocenters. The van der Waals surface area contributed by atoms with Gasteiger partial charge in [0.2, 0.25) is 5.91 Å². The van der Waals surface area contributed by atoms with Gasteiger partial charge in [0.25, 0.3) is 5.91 Å². The molecule has 2 N–H and O–H groups in total. The summed E-state index contributed by atoms with van der Waals surface area (Å²) < 4.78 is 39.6. The average molecular weight is 399 g/mol. The smallest absolute Gasteiger partial charge is 0.325 e. The molecule has 0 aliphatic carbocycles. The Kier molecular flexibility index (Phi) is 6.85. The number of hydrogen-bond donors (Lipinski definition) is 2. The van der Waals surface area contributed by atoms with Crippen LogP contribution in [-0.2, 0) is 11.0 Å². The first kappa shape index (κ1) is 20.8. The molecular formula is C19H18ClF3N2O2. The first-order chi connectivity index (χ1) is 12.7. The number of alkyl halides is 3. The van der Waals surface area contributed by atoms with Crippen LogP contribution in [0.5, 0.6) is 0 Å². The molecule has 0 fully saturated rings.